The Morgan fingerprint density at radius 1 is 0.250 bits per heavy atom. The van der Waals surface area contributed by atoms with Gasteiger partial charge in [-0.15, -0.1) is 0 Å². The van der Waals surface area contributed by atoms with E-state index < -0.39 is 0 Å². The first kappa shape index (κ1) is 28.2. The zero-order chi connectivity index (χ0) is 34.2. The lowest BCUT2D eigenvalue weighted by Crippen LogP contribution is -1.92. The summed E-state index contributed by atoms with van der Waals surface area (Å²) in [5.74, 6) is 0. The van der Waals surface area contributed by atoms with Crippen LogP contribution < -0.4 is 0 Å². The molecule has 52 heavy (non-hydrogen) atoms. The minimum absolute atomic E-state index is 1.28. The van der Waals surface area contributed by atoms with Crippen molar-refractivity contribution in [1.29, 1.82) is 0 Å². The minimum Gasteiger partial charge on any atom is -0.0620 e. The number of fused-ring (bicyclic) bond motifs is 11. The van der Waals surface area contributed by atoms with E-state index in [2.05, 4.69) is 172 Å². The van der Waals surface area contributed by atoms with Crippen LogP contribution in [0.25, 0.3) is 119 Å². The van der Waals surface area contributed by atoms with Gasteiger partial charge in [-0.05, 0) is 168 Å². The lowest BCUT2D eigenvalue weighted by Gasteiger charge is -2.19. The Morgan fingerprint density at radius 3 is 1.23 bits per heavy atom. The van der Waals surface area contributed by atoms with Gasteiger partial charge in [-0.3, -0.25) is 0 Å². The maximum Gasteiger partial charge on any atom is -0.000709 e. The molecule has 0 aromatic heterocycles. The first-order valence-electron chi connectivity index (χ1n) is 18.4. The normalized spacial score (nSPS) is 12.4. The van der Waals surface area contributed by atoms with Crippen molar-refractivity contribution >= 4 is 97.0 Å². The Balaban J connectivity index is 1.42. The van der Waals surface area contributed by atoms with Crippen molar-refractivity contribution < 1.29 is 0 Å². The SMILES string of the molecule is Cc1ccccc1-c1c2cc3c(cc2c(-c2ccccc2C)c2c4cc5ccccc5c5cccc(c12)c54)c1cccc2c4ccccc4cc3c21. The van der Waals surface area contributed by atoms with Crippen LogP contribution in [0.15, 0.2) is 158 Å². The summed E-state index contributed by atoms with van der Waals surface area (Å²) in [7, 11) is 0. The third-order valence-corrected chi connectivity index (χ3v) is 12.2. The average molecular weight is 657 g/mol. The summed E-state index contributed by atoms with van der Waals surface area (Å²) in [6.45, 7) is 4.55. The molecule has 0 saturated carbocycles. The van der Waals surface area contributed by atoms with Crippen molar-refractivity contribution in [1.82, 2.24) is 0 Å². The lowest BCUT2D eigenvalue weighted by molar-refractivity contribution is 1.47. The van der Waals surface area contributed by atoms with E-state index in [1.807, 2.05) is 0 Å². The van der Waals surface area contributed by atoms with E-state index in [4.69, 9.17) is 0 Å². The van der Waals surface area contributed by atoms with Crippen molar-refractivity contribution in [3.8, 4) is 22.3 Å². The van der Waals surface area contributed by atoms with Gasteiger partial charge < -0.3 is 0 Å². The molecule has 0 aliphatic rings. The Labute approximate surface area is 300 Å². The summed E-state index contributed by atoms with van der Waals surface area (Å²) >= 11 is 0. The van der Waals surface area contributed by atoms with E-state index in [9.17, 15) is 0 Å². The van der Waals surface area contributed by atoms with E-state index in [0.717, 1.165) is 0 Å². The van der Waals surface area contributed by atoms with E-state index >= 15 is 0 Å². The second-order valence-corrected chi connectivity index (χ2v) is 14.8. The van der Waals surface area contributed by atoms with Crippen LogP contribution in [-0.2, 0) is 0 Å². The summed E-state index contributed by atoms with van der Waals surface area (Å²) in [4.78, 5) is 0. The van der Waals surface area contributed by atoms with Gasteiger partial charge in [-0.1, -0.05) is 133 Å². The van der Waals surface area contributed by atoms with Crippen LogP contribution in [0.3, 0.4) is 0 Å². The molecule has 0 amide bonds. The van der Waals surface area contributed by atoms with Gasteiger partial charge in [0.25, 0.3) is 0 Å². The van der Waals surface area contributed by atoms with Crippen molar-refractivity contribution in [2.45, 2.75) is 13.8 Å². The summed E-state index contributed by atoms with van der Waals surface area (Å²) in [5.41, 5.74) is 7.86. The average Bonchev–Trinajstić information content (AvgIpc) is 3.67. The van der Waals surface area contributed by atoms with E-state index in [0.29, 0.717) is 0 Å². The third-order valence-electron chi connectivity index (χ3n) is 12.2. The molecule has 0 spiro atoms. The number of aryl methyl sites for hydroxylation is 2. The highest BCUT2D eigenvalue weighted by Gasteiger charge is 2.26. The molecule has 12 aromatic rings. The predicted octanol–water partition coefficient (Wildman–Crippen LogP) is 14.9. The summed E-state index contributed by atoms with van der Waals surface area (Å²) in [5, 5.41) is 23.9. The summed E-state index contributed by atoms with van der Waals surface area (Å²) in [6, 6.07) is 59.7. The highest BCUT2D eigenvalue weighted by atomic mass is 14.3. The van der Waals surface area contributed by atoms with E-state index in [1.165, 1.54) is 130 Å². The van der Waals surface area contributed by atoms with Gasteiger partial charge in [0, 0.05) is 0 Å². The molecule has 0 aliphatic carbocycles. The van der Waals surface area contributed by atoms with Crippen LogP contribution in [0.5, 0.6) is 0 Å². The zero-order valence-electron chi connectivity index (χ0n) is 29.0. The number of hydrogen-bond acceptors (Lipinski definition) is 0. The molecule has 0 fully saturated rings. The summed E-state index contributed by atoms with van der Waals surface area (Å²) in [6.07, 6.45) is 0. The molecule has 12 rings (SSSR count). The van der Waals surface area contributed by atoms with Crippen LogP contribution in [0, 0.1) is 13.8 Å². The van der Waals surface area contributed by atoms with Crippen LogP contribution in [0.1, 0.15) is 11.1 Å². The lowest BCUT2D eigenvalue weighted by atomic mass is 9.83. The van der Waals surface area contributed by atoms with E-state index in [-0.39, 0.29) is 0 Å². The molecule has 0 aliphatic heterocycles. The monoisotopic (exact) mass is 656 g/mol. The zero-order valence-corrected chi connectivity index (χ0v) is 29.0. The highest BCUT2D eigenvalue weighted by Crippen LogP contribution is 2.54. The maximum atomic E-state index is 2.55. The van der Waals surface area contributed by atoms with Gasteiger partial charge in [0.2, 0.25) is 0 Å². The van der Waals surface area contributed by atoms with Crippen molar-refractivity contribution in [2.24, 2.45) is 0 Å². The maximum absolute atomic E-state index is 2.55. The molecule has 0 N–H and O–H groups in total. The topological polar surface area (TPSA) is 0 Å². The fourth-order valence-corrected chi connectivity index (χ4v) is 9.95. The van der Waals surface area contributed by atoms with Crippen LogP contribution >= 0.6 is 0 Å². The van der Waals surface area contributed by atoms with Crippen LogP contribution in [-0.4, -0.2) is 0 Å². The number of rotatable bonds is 2. The van der Waals surface area contributed by atoms with Gasteiger partial charge in [0.1, 0.15) is 0 Å². The second kappa shape index (κ2) is 10.1. The van der Waals surface area contributed by atoms with Gasteiger partial charge in [-0.2, -0.15) is 0 Å². The molecule has 0 radical (unpaired) electrons. The second-order valence-electron chi connectivity index (χ2n) is 14.8. The molecule has 12 aromatic carbocycles. The van der Waals surface area contributed by atoms with Crippen LogP contribution in [0.2, 0.25) is 0 Å². The minimum atomic E-state index is 1.28. The molecule has 0 heterocycles. The molecule has 0 atom stereocenters. The van der Waals surface area contributed by atoms with Crippen molar-refractivity contribution in [2.75, 3.05) is 0 Å². The Hall–Kier alpha value is -6.50. The quantitative estimate of drug-likeness (QED) is 0.162. The predicted molar refractivity (Wildman–Crippen MR) is 227 cm³/mol. The van der Waals surface area contributed by atoms with Gasteiger partial charge >= 0.3 is 0 Å². The fourth-order valence-electron chi connectivity index (χ4n) is 9.95. The summed E-state index contributed by atoms with van der Waals surface area (Å²) < 4.78 is 0. The molecule has 0 heteroatoms. The fraction of sp³-hybridized carbons (Fsp3) is 0.0385. The molecule has 0 unspecified atom stereocenters. The highest BCUT2D eigenvalue weighted by molar-refractivity contribution is 6.44. The van der Waals surface area contributed by atoms with Crippen LogP contribution in [0.4, 0.5) is 0 Å². The Morgan fingerprint density at radius 2 is 0.654 bits per heavy atom. The third kappa shape index (κ3) is 3.52. The van der Waals surface area contributed by atoms with Crippen molar-refractivity contribution in [3.63, 3.8) is 0 Å². The first-order chi connectivity index (χ1) is 25.7. The smallest absolute Gasteiger partial charge is 0.000709 e. The largest absolute Gasteiger partial charge is 0.0620 e. The van der Waals surface area contributed by atoms with Crippen molar-refractivity contribution in [3.05, 3.63) is 169 Å². The van der Waals surface area contributed by atoms with E-state index in [1.54, 1.807) is 0 Å². The van der Waals surface area contributed by atoms with Gasteiger partial charge in [0.15, 0.2) is 0 Å². The number of hydrogen-bond donors (Lipinski definition) is 0. The molecule has 0 saturated heterocycles. The molecular weight excluding hydrogens is 625 g/mol. The first-order valence-corrected chi connectivity index (χ1v) is 18.4. The molecule has 0 nitrogen and oxygen atoms in total. The molecular formula is C52H32. The molecule has 0 bridgehead atoms. The Bertz CT molecular complexity index is 3470. The Kier molecular flexibility index (Phi) is 5.46. The van der Waals surface area contributed by atoms with Gasteiger partial charge in [0.05, 0.1) is 0 Å². The number of benzene rings is 10. The standard InChI is InChI=1S/C52H32/c1-29-13-3-7-17-33(29)49-45-28-42-41(39-23-11-21-37-35-19-9-5-15-31(35)25-43(42)47(37)39)27-44(45)50(34-18-8-4-14-30(34)2)52-46-26-32-16-6-10-20-36(32)38-22-12-24-40(48(38)46)51(49)52/h3-28H,1-2H3. The molecule has 240 valence electrons. The van der Waals surface area contributed by atoms with Gasteiger partial charge in [-0.25, -0.2) is 0 Å².